The summed E-state index contributed by atoms with van der Waals surface area (Å²) in [4.78, 5) is 8.83. The number of fused-ring (bicyclic) bond motifs is 1. The van der Waals surface area contributed by atoms with Crippen LogP contribution in [-0.2, 0) is 0 Å². The predicted octanol–water partition coefficient (Wildman–Crippen LogP) is 3.36. The first-order valence-corrected chi connectivity index (χ1v) is 5.67. The molecule has 14 heavy (non-hydrogen) atoms. The van der Waals surface area contributed by atoms with E-state index in [0.29, 0.717) is 5.92 Å². The average molecular weight is 298 g/mol. The molecule has 2 aromatic heterocycles. The van der Waals surface area contributed by atoms with Gasteiger partial charge in [0, 0.05) is 17.8 Å². The van der Waals surface area contributed by atoms with E-state index < -0.39 is 0 Å². The SMILES string of the molecule is CC(C)c1ncc(I)c2ncccc12. The molecule has 0 N–H and O–H groups in total. The molecule has 0 bridgehead atoms. The maximum Gasteiger partial charge on any atom is 0.0869 e. The van der Waals surface area contributed by atoms with E-state index in [1.54, 1.807) is 0 Å². The van der Waals surface area contributed by atoms with Crippen LogP contribution in [0.5, 0.6) is 0 Å². The Hall–Kier alpha value is -0.710. The van der Waals surface area contributed by atoms with Crippen LogP contribution in [0.2, 0.25) is 0 Å². The second kappa shape index (κ2) is 3.81. The summed E-state index contributed by atoms with van der Waals surface area (Å²) in [6.45, 7) is 4.31. The Labute approximate surface area is 96.9 Å². The van der Waals surface area contributed by atoms with Crippen molar-refractivity contribution in [3.8, 4) is 0 Å². The molecule has 0 spiro atoms. The molecular weight excluding hydrogens is 287 g/mol. The van der Waals surface area contributed by atoms with Crippen molar-refractivity contribution in [2.45, 2.75) is 19.8 Å². The van der Waals surface area contributed by atoms with Crippen LogP contribution in [0.3, 0.4) is 0 Å². The molecule has 0 fully saturated rings. The van der Waals surface area contributed by atoms with Gasteiger partial charge in [-0.1, -0.05) is 13.8 Å². The lowest BCUT2D eigenvalue weighted by Gasteiger charge is -2.08. The number of halogens is 1. The van der Waals surface area contributed by atoms with E-state index in [1.807, 2.05) is 18.5 Å². The summed E-state index contributed by atoms with van der Waals surface area (Å²) in [5.41, 5.74) is 2.19. The second-order valence-corrected chi connectivity index (χ2v) is 4.71. The first-order chi connectivity index (χ1) is 6.70. The van der Waals surface area contributed by atoms with E-state index in [1.165, 1.54) is 5.39 Å². The van der Waals surface area contributed by atoms with Gasteiger partial charge in [0.2, 0.25) is 0 Å². The maximum absolute atomic E-state index is 4.46. The zero-order valence-corrected chi connectivity index (χ0v) is 10.3. The monoisotopic (exact) mass is 298 g/mol. The summed E-state index contributed by atoms with van der Waals surface area (Å²) < 4.78 is 1.11. The van der Waals surface area contributed by atoms with E-state index in [-0.39, 0.29) is 0 Å². The van der Waals surface area contributed by atoms with Crippen molar-refractivity contribution in [3.63, 3.8) is 0 Å². The van der Waals surface area contributed by atoms with Crippen LogP contribution in [-0.4, -0.2) is 9.97 Å². The molecule has 72 valence electrons. The summed E-state index contributed by atoms with van der Waals surface area (Å²) in [5.74, 6) is 0.443. The summed E-state index contributed by atoms with van der Waals surface area (Å²) in [5, 5.41) is 1.18. The van der Waals surface area contributed by atoms with Gasteiger partial charge in [-0.3, -0.25) is 9.97 Å². The van der Waals surface area contributed by atoms with Crippen molar-refractivity contribution in [2.24, 2.45) is 0 Å². The number of nitrogens with zero attached hydrogens (tertiary/aromatic N) is 2. The maximum atomic E-state index is 4.46. The van der Waals surface area contributed by atoms with Crippen molar-refractivity contribution in [1.29, 1.82) is 0 Å². The van der Waals surface area contributed by atoms with Crippen LogP contribution < -0.4 is 0 Å². The number of rotatable bonds is 1. The van der Waals surface area contributed by atoms with Crippen LogP contribution in [0.4, 0.5) is 0 Å². The minimum Gasteiger partial charge on any atom is -0.259 e. The zero-order valence-electron chi connectivity index (χ0n) is 8.16. The molecule has 2 rings (SSSR count). The molecule has 0 aliphatic rings. The Kier molecular flexibility index (Phi) is 2.67. The fraction of sp³-hybridized carbons (Fsp3) is 0.273. The van der Waals surface area contributed by atoms with Crippen molar-refractivity contribution >= 4 is 33.5 Å². The third kappa shape index (κ3) is 1.61. The highest BCUT2D eigenvalue weighted by Crippen LogP contribution is 2.24. The number of aromatic nitrogens is 2. The lowest BCUT2D eigenvalue weighted by Crippen LogP contribution is -1.96. The highest BCUT2D eigenvalue weighted by Gasteiger charge is 2.08. The van der Waals surface area contributed by atoms with Crippen LogP contribution in [0, 0.1) is 3.57 Å². The molecule has 0 aliphatic heterocycles. The highest BCUT2D eigenvalue weighted by atomic mass is 127. The van der Waals surface area contributed by atoms with Gasteiger partial charge in [-0.25, -0.2) is 0 Å². The standard InChI is InChI=1S/C11H11IN2/c1-7(2)10-8-4-3-5-13-11(8)9(12)6-14-10/h3-7H,1-2H3. The van der Waals surface area contributed by atoms with E-state index in [9.17, 15) is 0 Å². The van der Waals surface area contributed by atoms with Gasteiger partial charge < -0.3 is 0 Å². The Bertz CT molecular complexity index is 466. The van der Waals surface area contributed by atoms with Gasteiger partial charge in [-0.05, 0) is 40.6 Å². The fourth-order valence-corrected chi connectivity index (χ4v) is 2.09. The highest BCUT2D eigenvalue weighted by molar-refractivity contribution is 14.1. The van der Waals surface area contributed by atoms with E-state index in [4.69, 9.17) is 0 Å². The first kappa shape index (κ1) is 9.83. The molecule has 0 saturated heterocycles. The molecule has 2 nitrogen and oxygen atoms in total. The first-order valence-electron chi connectivity index (χ1n) is 4.59. The summed E-state index contributed by atoms with van der Waals surface area (Å²) in [6, 6.07) is 4.05. The summed E-state index contributed by atoms with van der Waals surface area (Å²) >= 11 is 2.27. The summed E-state index contributed by atoms with van der Waals surface area (Å²) in [6.07, 6.45) is 3.72. The second-order valence-electron chi connectivity index (χ2n) is 3.55. The van der Waals surface area contributed by atoms with Gasteiger partial charge in [-0.15, -0.1) is 0 Å². The van der Waals surface area contributed by atoms with Crippen molar-refractivity contribution in [1.82, 2.24) is 9.97 Å². The molecule has 0 saturated carbocycles. The summed E-state index contributed by atoms with van der Waals surface area (Å²) in [7, 11) is 0. The Morgan fingerprint density at radius 2 is 2.07 bits per heavy atom. The van der Waals surface area contributed by atoms with Gasteiger partial charge in [-0.2, -0.15) is 0 Å². The third-order valence-electron chi connectivity index (χ3n) is 2.17. The number of hydrogen-bond acceptors (Lipinski definition) is 2. The normalized spacial score (nSPS) is 11.1. The topological polar surface area (TPSA) is 25.8 Å². The molecule has 0 aromatic carbocycles. The molecule has 2 heterocycles. The van der Waals surface area contributed by atoms with E-state index in [2.05, 4.69) is 52.5 Å². The molecule has 3 heteroatoms. The average Bonchev–Trinajstić information content (AvgIpc) is 2.18. The Morgan fingerprint density at radius 3 is 2.79 bits per heavy atom. The molecule has 0 aliphatic carbocycles. The van der Waals surface area contributed by atoms with Crippen LogP contribution in [0.1, 0.15) is 25.5 Å². The van der Waals surface area contributed by atoms with Gasteiger partial charge in [0.15, 0.2) is 0 Å². The Morgan fingerprint density at radius 1 is 1.29 bits per heavy atom. The number of hydrogen-bond donors (Lipinski definition) is 0. The van der Waals surface area contributed by atoms with Gasteiger partial charge in [0.05, 0.1) is 14.8 Å². The molecule has 0 amide bonds. The van der Waals surface area contributed by atoms with Crippen LogP contribution >= 0.6 is 22.6 Å². The van der Waals surface area contributed by atoms with Crippen molar-refractivity contribution in [3.05, 3.63) is 33.8 Å². The van der Waals surface area contributed by atoms with Crippen LogP contribution in [0.15, 0.2) is 24.5 Å². The fourth-order valence-electron chi connectivity index (χ4n) is 1.52. The minimum atomic E-state index is 0.443. The lowest BCUT2D eigenvalue weighted by atomic mass is 10.1. The largest absolute Gasteiger partial charge is 0.259 e. The smallest absolute Gasteiger partial charge is 0.0869 e. The quantitative estimate of drug-likeness (QED) is 0.754. The van der Waals surface area contributed by atoms with Gasteiger partial charge in [0.1, 0.15) is 0 Å². The molecule has 0 unspecified atom stereocenters. The molecular formula is C11H11IN2. The van der Waals surface area contributed by atoms with Crippen LogP contribution in [0.25, 0.3) is 10.9 Å². The third-order valence-corrected chi connectivity index (χ3v) is 2.96. The predicted molar refractivity (Wildman–Crippen MR) is 66.3 cm³/mol. The van der Waals surface area contributed by atoms with Crippen molar-refractivity contribution in [2.75, 3.05) is 0 Å². The zero-order chi connectivity index (χ0) is 10.1. The van der Waals surface area contributed by atoms with E-state index in [0.717, 1.165) is 14.8 Å². The van der Waals surface area contributed by atoms with E-state index >= 15 is 0 Å². The Balaban J connectivity index is 2.82. The van der Waals surface area contributed by atoms with Crippen molar-refractivity contribution < 1.29 is 0 Å². The minimum absolute atomic E-state index is 0.443. The van der Waals surface area contributed by atoms with Gasteiger partial charge in [0.25, 0.3) is 0 Å². The molecule has 2 aromatic rings. The lowest BCUT2D eigenvalue weighted by molar-refractivity contribution is 0.833. The molecule has 0 radical (unpaired) electrons. The molecule has 0 atom stereocenters. The van der Waals surface area contributed by atoms with Gasteiger partial charge >= 0.3 is 0 Å². The number of pyridine rings is 2.